The molecule has 1 aliphatic heterocycles. The van der Waals surface area contributed by atoms with Crippen molar-refractivity contribution >= 4 is 11.8 Å². The molecule has 0 radical (unpaired) electrons. The highest BCUT2D eigenvalue weighted by Gasteiger charge is 2.30. The largest absolute Gasteiger partial charge is 0.344 e. The SMILES string of the molecule is Cc1nc(C(=O)N(C)C2CCC(=O)N(C)C2)nn1-c1ccc(F)cc1. The summed E-state index contributed by atoms with van der Waals surface area (Å²) in [6.45, 7) is 2.24. The molecule has 0 spiro atoms. The van der Waals surface area contributed by atoms with Crippen molar-refractivity contribution in [1.29, 1.82) is 0 Å². The highest BCUT2D eigenvalue weighted by atomic mass is 19.1. The molecule has 1 unspecified atom stereocenters. The molecule has 0 saturated carbocycles. The number of piperidine rings is 1. The van der Waals surface area contributed by atoms with E-state index in [1.807, 2.05) is 0 Å². The van der Waals surface area contributed by atoms with Crippen LogP contribution in [0.3, 0.4) is 0 Å². The van der Waals surface area contributed by atoms with E-state index in [0.29, 0.717) is 30.9 Å². The first-order valence-corrected chi connectivity index (χ1v) is 8.07. The zero-order chi connectivity index (χ0) is 18.1. The van der Waals surface area contributed by atoms with Crippen molar-refractivity contribution in [3.05, 3.63) is 41.7 Å². The Morgan fingerprint density at radius 3 is 2.64 bits per heavy atom. The molecule has 2 amide bonds. The number of rotatable bonds is 3. The van der Waals surface area contributed by atoms with E-state index in [-0.39, 0.29) is 29.5 Å². The van der Waals surface area contributed by atoms with E-state index in [1.165, 1.54) is 16.8 Å². The minimum atomic E-state index is -0.339. The third-order valence-corrected chi connectivity index (χ3v) is 4.50. The number of halogens is 1. The summed E-state index contributed by atoms with van der Waals surface area (Å²) in [6, 6.07) is 5.76. The number of aryl methyl sites for hydroxylation is 1. The monoisotopic (exact) mass is 345 g/mol. The van der Waals surface area contributed by atoms with E-state index in [4.69, 9.17) is 0 Å². The highest BCUT2D eigenvalue weighted by molar-refractivity contribution is 5.90. The number of likely N-dealkylation sites (N-methyl/N-ethyl adjacent to an activating group) is 2. The van der Waals surface area contributed by atoms with E-state index in [0.717, 1.165) is 0 Å². The van der Waals surface area contributed by atoms with Gasteiger partial charge in [-0.05, 0) is 37.6 Å². The highest BCUT2D eigenvalue weighted by Crippen LogP contribution is 2.17. The molecule has 8 heteroatoms. The number of hydrogen-bond donors (Lipinski definition) is 0. The van der Waals surface area contributed by atoms with Gasteiger partial charge >= 0.3 is 0 Å². The molecule has 7 nitrogen and oxygen atoms in total. The van der Waals surface area contributed by atoms with Gasteiger partial charge in [-0.15, -0.1) is 5.10 Å². The molecule has 3 rings (SSSR count). The van der Waals surface area contributed by atoms with Crippen LogP contribution in [0, 0.1) is 12.7 Å². The van der Waals surface area contributed by atoms with Crippen LogP contribution in [0.5, 0.6) is 0 Å². The maximum atomic E-state index is 13.1. The second-order valence-corrected chi connectivity index (χ2v) is 6.25. The van der Waals surface area contributed by atoms with Gasteiger partial charge in [-0.25, -0.2) is 14.1 Å². The topological polar surface area (TPSA) is 71.3 Å². The molecule has 0 aliphatic carbocycles. The fourth-order valence-electron chi connectivity index (χ4n) is 2.94. The Balaban J connectivity index is 1.80. The normalized spacial score (nSPS) is 17.7. The molecule has 0 bridgehead atoms. The maximum Gasteiger partial charge on any atom is 0.293 e. The first-order valence-electron chi connectivity index (χ1n) is 8.07. The molecule has 1 fully saturated rings. The van der Waals surface area contributed by atoms with Gasteiger partial charge in [0.25, 0.3) is 5.91 Å². The van der Waals surface area contributed by atoms with Crippen LogP contribution < -0.4 is 0 Å². The van der Waals surface area contributed by atoms with Crippen LogP contribution in [0.2, 0.25) is 0 Å². The first kappa shape index (κ1) is 17.1. The molecule has 0 N–H and O–H groups in total. The van der Waals surface area contributed by atoms with Crippen LogP contribution in [0.25, 0.3) is 5.69 Å². The smallest absolute Gasteiger partial charge is 0.293 e. The number of benzene rings is 1. The van der Waals surface area contributed by atoms with Crippen LogP contribution in [0.4, 0.5) is 4.39 Å². The summed E-state index contributed by atoms with van der Waals surface area (Å²) in [6.07, 6.45) is 1.05. The average molecular weight is 345 g/mol. The first-order chi connectivity index (χ1) is 11.9. The predicted octanol–water partition coefficient (Wildman–Crippen LogP) is 1.41. The second-order valence-electron chi connectivity index (χ2n) is 6.25. The zero-order valence-corrected chi connectivity index (χ0v) is 14.4. The van der Waals surface area contributed by atoms with Gasteiger partial charge in [0.1, 0.15) is 11.6 Å². The van der Waals surface area contributed by atoms with Crippen molar-refractivity contribution in [1.82, 2.24) is 24.6 Å². The van der Waals surface area contributed by atoms with E-state index in [1.54, 1.807) is 43.0 Å². The molecular weight excluding hydrogens is 325 g/mol. The molecule has 1 atom stereocenters. The van der Waals surface area contributed by atoms with Crippen molar-refractivity contribution in [2.75, 3.05) is 20.6 Å². The van der Waals surface area contributed by atoms with Crippen molar-refractivity contribution in [3.63, 3.8) is 0 Å². The van der Waals surface area contributed by atoms with Crippen LogP contribution in [-0.4, -0.2) is 63.1 Å². The molecule has 1 aromatic heterocycles. The van der Waals surface area contributed by atoms with E-state index >= 15 is 0 Å². The van der Waals surface area contributed by atoms with E-state index < -0.39 is 0 Å². The third-order valence-electron chi connectivity index (χ3n) is 4.50. The van der Waals surface area contributed by atoms with Crippen molar-refractivity contribution < 1.29 is 14.0 Å². The number of likely N-dealkylation sites (tertiary alicyclic amines) is 1. The zero-order valence-electron chi connectivity index (χ0n) is 14.4. The standard InChI is InChI=1S/C17H20FN5O2/c1-11-19-16(20-23(11)13-6-4-12(18)5-7-13)17(25)22(3)14-8-9-15(24)21(2)10-14/h4-7,14H,8-10H2,1-3H3. The average Bonchev–Trinajstić information content (AvgIpc) is 2.98. The summed E-state index contributed by atoms with van der Waals surface area (Å²) in [7, 11) is 3.43. The molecule has 25 heavy (non-hydrogen) atoms. The van der Waals surface area contributed by atoms with Gasteiger partial charge in [0.2, 0.25) is 11.7 Å². The lowest BCUT2D eigenvalue weighted by Crippen LogP contribution is -2.49. The Hall–Kier alpha value is -2.77. The van der Waals surface area contributed by atoms with Gasteiger partial charge < -0.3 is 9.80 Å². The molecule has 1 aromatic carbocycles. The molecule has 132 valence electrons. The Kier molecular flexibility index (Phi) is 4.52. The van der Waals surface area contributed by atoms with Gasteiger partial charge in [-0.2, -0.15) is 0 Å². The van der Waals surface area contributed by atoms with Gasteiger partial charge in [0, 0.05) is 33.1 Å². The van der Waals surface area contributed by atoms with Crippen LogP contribution >= 0.6 is 0 Å². The minimum Gasteiger partial charge on any atom is -0.344 e. The fraction of sp³-hybridized carbons (Fsp3) is 0.412. The third kappa shape index (κ3) is 3.38. The summed E-state index contributed by atoms with van der Waals surface area (Å²) in [5.74, 6) is 0.0834. The number of hydrogen-bond acceptors (Lipinski definition) is 4. The summed E-state index contributed by atoms with van der Waals surface area (Å²) in [5.41, 5.74) is 0.635. The Morgan fingerprint density at radius 2 is 2.00 bits per heavy atom. The number of aromatic nitrogens is 3. The molecule has 2 aromatic rings. The van der Waals surface area contributed by atoms with Crippen LogP contribution in [0.15, 0.2) is 24.3 Å². The van der Waals surface area contributed by atoms with Gasteiger partial charge in [0.05, 0.1) is 5.69 Å². The summed E-state index contributed by atoms with van der Waals surface area (Å²) >= 11 is 0. The van der Waals surface area contributed by atoms with E-state index in [2.05, 4.69) is 10.1 Å². The molecular formula is C17H20FN5O2. The van der Waals surface area contributed by atoms with Crippen molar-refractivity contribution in [3.8, 4) is 5.69 Å². The minimum absolute atomic E-state index is 0.0618. The Bertz CT molecular complexity index is 802. The molecule has 2 heterocycles. The van der Waals surface area contributed by atoms with Crippen molar-refractivity contribution in [2.45, 2.75) is 25.8 Å². The Morgan fingerprint density at radius 1 is 1.32 bits per heavy atom. The van der Waals surface area contributed by atoms with E-state index in [9.17, 15) is 14.0 Å². The second kappa shape index (κ2) is 6.62. The Labute approximate surface area is 145 Å². The number of nitrogens with zero attached hydrogens (tertiary/aromatic N) is 5. The van der Waals surface area contributed by atoms with Crippen LogP contribution in [0.1, 0.15) is 29.3 Å². The number of carbonyl (C=O) groups is 2. The lowest BCUT2D eigenvalue weighted by atomic mass is 10.0. The predicted molar refractivity (Wildman–Crippen MR) is 88.8 cm³/mol. The van der Waals surface area contributed by atoms with Crippen LogP contribution in [-0.2, 0) is 4.79 Å². The van der Waals surface area contributed by atoms with Gasteiger partial charge in [-0.1, -0.05) is 0 Å². The lowest BCUT2D eigenvalue weighted by molar-refractivity contribution is -0.133. The lowest BCUT2D eigenvalue weighted by Gasteiger charge is -2.35. The van der Waals surface area contributed by atoms with Crippen molar-refractivity contribution in [2.24, 2.45) is 0 Å². The summed E-state index contributed by atoms with van der Waals surface area (Å²) < 4.78 is 14.6. The van der Waals surface area contributed by atoms with Gasteiger partial charge in [0.15, 0.2) is 0 Å². The molecule has 1 aliphatic rings. The van der Waals surface area contributed by atoms with Gasteiger partial charge in [-0.3, -0.25) is 9.59 Å². The summed E-state index contributed by atoms with van der Waals surface area (Å²) in [5, 5.41) is 4.27. The number of carbonyl (C=O) groups excluding carboxylic acids is 2. The molecule has 1 saturated heterocycles. The summed E-state index contributed by atoms with van der Waals surface area (Å²) in [4.78, 5) is 31.8. The maximum absolute atomic E-state index is 13.1. The quantitative estimate of drug-likeness (QED) is 0.843. The number of amides is 2. The fourth-order valence-corrected chi connectivity index (χ4v) is 2.94.